The van der Waals surface area contributed by atoms with Gasteiger partial charge in [0, 0.05) is 17.5 Å². The highest BCUT2D eigenvalue weighted by molar-refractivity contribution is 5.73. The first-order valence-corrected chi connectivity index (χ1v) is 10.8. The second kappa shape index (κ2) is 10.3. The van der Waals surface area contributed by atoms with Crippen LogP contribution < -0.4 is 14.6 Å². The number of rotatable bonds is 11. The third-order valence-electron chi connectivity index (χ3n) is 5.57. The molecule has 0 aliphatic rings. The zero-order valence-electron chi connectivity index (χ0n) is 18.8. The molecule has 0 radical (unpaired) electrons. The lowest BCUT2D eigenvalue weighted by Crippen LogP contribution is -2.20. The van der Waals surface area contributed by atoms with Crippen LogP contribution >= 0.6 is 0 Å². The zero-order valence-corrected chi connectivity index (χ0v) is 18.8. The minimum atomic E-state index is -0.124. The number of ether oxygens (including phenoxy) is 2. The van der Waals surface area contributed by atoms with E-state index in [9.17, 15) is 5.11 Å². The Kier molecular flexibility index (Phi) is 7.50. The summed E-state index contributed by atoms with van der Waals surface area (Å²) in [5.74, 6) is 2.41. The Labute approximate surface area is 183 Å². The van der Waals surface area contributed by atoms with Crippen LogP contribution in [0.15, 0.2) is 36.4 Å². The summed E-state index contributed by atoms with van der Waals surface area (Å²) in [4.78, 5) is 0. The van der Waals surface area contributed by atoms with Gasteiger partial charge in [-0.3, -0.25) is 10.3 Å². The van der Waals surface area contributed by atoms with Crippen molar-refractivity contribution in [3.8, 4) is 28.4 Å². The molecule has 0 amide bonds. The Balaban J connectivity index is 1.55. The zero-order chi connectivity index (χ0) is 22.3. The van der Waals surface area contributed by atoms with Gasteiger partial charge in [0.15, 0.2) is 0 Å². The fraction of sp³-hybridized carbons (Fsp3) is 0.458. The van der Waals surface area contributed by atoms with Gasteiger partial charge >= 0.3 is 0 Å². The third-order valence-corrected chi connectivity index (χ3v) is 5.57. The number of methoxy groups -OCH3 is 1. The lowest BCUT2D eigenvalue weighted by atomic mass is 9.86. The molecule has 0 spiro atoms. The minimum absolute atomic E-state index is 0.124. The van der Waals surface area contributed by atoms with E-state index in [0.717, 1.165) is 60.3 Å². The van der Waals surface area contributed by atoms with Crippen LogP contribution in [0.3, 0.4) is 0 Å². The van der Waals surface area contributed by atoms with E-state index in [2.05, 4.69) is 41.4 Å². The first-order valence-electron chi connectivity index (χ1n) is 10.8. The highest BCUT2D eigenvalue weighted by atomic mass is 16.5. The maximum atomic E-state index is 10.6. The van der Waals surface area contributed by atoms with Gasteiger partial charge in [-0.1, -0.05) is 45.7 Å². The van der Waals surface area contributed by atoms with Gasteiger partial charge in [-0.2, -0.15) is 5.21 Å². The SMILES string of the molecule is CCc1cc(-c2cccc(OC)c2)c(O)cc1OCCCCCC(C)(C)c1nnn[n-]1. The number of hydrogen-bond acceptors (Lipinski definition) is 6. The van der Waals surface area contributed by atoms with E-state index in [1.54, 1.807) is 13.2 Å². The van der Waals surface area contributed by atoms with Crippen molar-refractivity contribution in [3.63, 3.8) is 0 Å². The molecule has 0 aliphatic heterocycles. The maximum absolute atomic E-state index is 10.6. The molecule has 1 N–H and O–H groups in total. The van der Waals surface area contributed by atoms with Crippen LogP contribution in [0, 0.1) is 0 Å². The van der Waals surface area contributed by atoms with E-state index in [0.29, 0.717) is 12.4 Å². The Bertz CT molecular complexity index is 971. The van der Waals surface area contributed by atoms with E-state index < -0.39 is 0 Å². The number of tetrazole rings is 1. The summed E-state index contributed by atoms with van der Waals surface area (Å²) in [7, 11) is 1.64. The summed E-state index contributed by atoms with van der Waals surface area (Å²) in [6.45, 7) is 6.93. The van der Waals surface area contributed by atoms with E-state index in [4.69, 9.17) is 9.47 Å². The summed E-state index contributed by atoms with van der Waals surface area (Å²) in [5.41, 5.74) is 2.65. The van der Waals surface area contributed by atoms with Crippen LogP contribution in [-0.2, 0) is 11.8 Å². The molecular formula is C24H31N4O3-. The van der Waals surface area contributed by atoms with Crippen molar-refractivity contribution in [2.75, 3.05) is 13.7 Å². The number of phenols is 1. The Morgan fingerprint density at radius 3 is 2.65 bits per heavy atom. The second-order valence-corrected chi connectivity index (χ2v) is 8.31. The average molecular weight is 424 g/mol. The van der Waals surface area contributed by atoms with E-state index in [1.807, 2.05) is 30.3 Å². The Morgan fingerprint density at radius 2 is 1.94 bits per heavy atom. The fourth-order valence-corrected chi connectivity index (χ4v) is 3.60. The van der Waals surface area contributed by atoms with Gasteiger partial charge in [0.2, 0.25) is 0 Å². The smallest absolute Gasteiger partial charge is 0.127 e. The Hall–Kier alpha value is -3.09. The van der Waals surface area contributed by atoms with Crippen molar-refractivity contribution in [1.29, 1.82) is 0 Å². The number of aromatic hydroxyl groups is 1. The quantitative estimate of drug-likeness (QED) is 0.447. The van der Waals surface area contributed by atoms with Gasteiger partial charge in [0.25, 0.3) is 0 Å². The second-order valence-electron chi connectivity index (χ2n) is 8.31. The number of phenolic OH excluding ortho intramolecular Hbond substituents is 1. The standard InChI is InChI=1S/C24H31N4O3/c1-5-17-15-20(18-10-9-11-19(14-18)30-4)21(29)16-22(17)31-13-8-6-7-12-24(2,3)23-25-27-28-26-23/h9-11,14-16H,5-8,12-13H2,1-4H3,(H-,25,26,27,28,29)/q-1. The number of aromatic nitrogens is 4. The molecule has 2 aromatic carbocycles. The van der Waals surface area contributed by atoms with Gasteiger partial charge in [-0.25, -0.2) is 0 Å². The molecule has 1 aromatic heterocycles. The molecule has 1 heterocycles. The van der Waals surface area contributed by atoms with Crippen LogP contribution in [0.2, 0.25) is 0 Å². The van der Waals surface area contributed by atoms with Crippen LogP contribution in [0.4, 0.5) is 0 Å². The highest BCUT2D eigenvalue weighted by Crippen LogP contribution is 2.37. The van der Waals surface area contributed by atoms with Gasteiger partial charge in [0.1, 0.15) is 17.2 Å². The van der Waals surface area contributed by atoms with Gasteiger partial charge in [0.05, 0.1) is 13.7 Å². The number of hydrogen-bond donors (Lipinski definition) is 1. The van der Waals surface area contributed by atoms with Crippen LogP contribution in [-0.4, -0.2) is 34.3 Å². The van der Waals surface area contributed by atoms with Crippen LogP contribution in [0.1, 0.15) is 57.8 Å². The van der Waals surface area contributed by atoms with E-state index in [1.165, 1.54) is 0 Å². The minimum Gasteiger partial charge on any atom is -0.507 e. The molecule has 3 rings (SSSR count). The predicted octanol–water partition coefficient (Wildman–Crippen LogP) is 4.69. The van der Waals surface area contributed by atoms with Crippen molar-refractivity contribution in [3.05, 3.63) is 47.8 Å². The van der Waals surface area contributed by atoms with Crippen LogP contribution in [0.5, 0.6) is 17.2 Å². The lowest BCUT2D eigenvalue weighted by Gasteiger charge is -2.24. The van der Waals surface area contributed by atoms with Crippen molar-refractivity contribution in [2.45, 2.75) is 58.3 Å². The van der Waals surface area contributed by atoms with Crippen molar-refractivity contribution in [2.24, 2.45) is 0 Å². The summed E-state index contributed by atoms with van der Waals surface area (Å²) in [5, 5.41) is 25.7. The third kappa shape index (κ3) is 5.75. The monoisotopic (exact) mass is 423 g/mol. The normalized spacial score (nSPS) is 11.5. The van der Waals surface area contributed by atoms with Crippen molar-refractivity contribution in [1.82, 2.24) is 20.6 Å². The molecule has 166 valence electrons. The van der Waals surface area contributed by atoms with Gasteiger partial charge in [-0.15, -0.1) is 0 Å². The summed E-state index contributed by atoms with van der Waals surface area (Å²) in [6, 6.07) is 11.4. The fourth-order valence-electron chi connectivity index (χ4n) is 3.60. The van der Waals surface area contributed by atoms with E-state index in [-0.39, 0.29) is 11.2 Å². The molecule has 0 aliphatic carbocycles. The molecule has 0 fully saturated rings. The van der Waals surface area contributed by atoms with E-state index >= 15 is 0 Å². The lowest BCUT2D eigenvalue weighted by molar-refractivity contribution is 0.296. The summed E-state index contributed by atoms with van der Waals surface area (Å²) >= 11 is 0. The summed E-state index contributed by atoms with van der Waals surface area (Å²) < 4.78 is 11.3. The Morgan fingerprint density at radius 1 is 1.10 bits per heavy atom. The highest BCUT2D eigenvalue weighted by Gasteiger charge is 2.19. The average Bonchev–Trinajstić information content (AvgIpc) is 3.32. The summed E-state index contributed by atoms with van der Waals surface area (Å²) in [6.07, 6.45) is 4.82. The number of aryl methyl sites for hydroxylation is 1. The largest absolute Gasteiger partial charge is 0.507 e. The molecule has 7 nitrogen and oxygen atoms in total. The number of benzene rings is 2. The van der Waals surface area contributed by atoms with Gasteiger partial charge in [-0.05, 0) is 54.0 Å². The molecule has 3 aromatic rings. The predicted molar refractivity (Wildman–Crippen MR) is 120 cm³/mol. The molecule has 0 unspecified atom stereocenters. The van der Waals surface area contributed by atoms with Crippen molar-refractivity contribution >= 4 is 0 Å². The molecule has 0 bridgehead atoms. The number of unbranched alkanes of at least 4 members (excludes halogenated alkanes) is 2. The molecule has 0 saturated heterocycles. The first-order chi connectivity index (χ1) is 14.9. The topological polar surface area (TPSA) is 91.5 Å². The van der Waals surface area contributed by atoms with Crippen molar-refractivity contribution < 1.29 is 14.6 Å². The molecular weight excluding hydrogens is 392 g/mol. The molecule has 0 saturated carbocycles. The molecule has 7 heteroatoms. The molecule has 0 atom stereocenters. The maximum Gasteiger partial charge on any atom is 0.127 e. The van der Waals surface area contributed by atoms with Crippen LogP contribution in [0.25, 0.3) is 11.1 Å². The number of nitrogens with zero attached hydrogens (tertiary/aromatic N) is 4. The first kappa shape index (κ1) is 22.6. The van der Waals surface area contributed by atoms with Gasteiger partial charge < -0.3 is 19.7 Å². The molecule has 31 heavy (non-hydrogen) atoms.